The van der Waals surface area contributed by atoms with Crippen molar-refractivity contribution in [3.05, 3.63) is 71.8 Å². The lowest BCUT2D eigenvalue weighted by Crippen LogP contribution is -2.33. The van der Waals surface area contributed by atoms with Gasteiger partial charge in [-0.25, -0.2) is 0 Å². The lowest BCUT2D eigenvalue weighted by Gasteiger charge is -2.30. The van der Waals surface area contributed by atoms with Gasteiger partial charge in [-0.05, 0) is 30.5 Å². The Kier molecular flexibility index (Phi) is 5.84. The highest BCUT2D eigenvalue weighted by Crippen LogP contribution is 2.25. The number of benzene rings is 2. The Labute approximate surface area is 140 Å². The molecular formula is C21H28N2. The summed E-state index contributed by atoms with van der Waals surface area (Å²) in [5, 5.41) is 0. The van der Waals surface area contributed by atoms with Crippen LogP contribution in [0.4, 0.5) is 0 Å². The maximum Gasteiger partial charge on any atom is 0.0346 e. The molecule has 2 aromatic rings. The highest BCUT2D eigenvalue weighted by atomic mass is 15.2. The van der Waals surface area contributed by atoms with Gasteiger partial charge in [-0.3, -0.25) is 9.80 Å². The van der Waals surface area contributed by atoms with Crippen LogP contribution >= 0.6 is 0 Å². The van der Waals surface area contributed by atoms with E-state index >= 15 is 0 Å². The molecule has 0 spiro atoms. The fraction of sp³-hybridized carbons (Fsp3) is 0.429. The highest BCUT2D eigenvalue weighted by molar-refractivity contribution is 5.19. The average Bonchev–Trinajstić information content (AvgIpc) is 2.83. The van der Waals surface area contributed by atoms with Gasteiger partial charge in [-0.15, -0.1) is 0 Å². The minimum absolute atomic E-state index is 0.563. The second kappa shape index (κ2) is 8.28. The third kappa shape index (κ3) is 4.43. The van der Waals surface area contributed by atoms with Crippen molar-refractivity contribution in [2.24, 2.45) is 0 Å². The second-order valence-electron chi connectivity index (χ2n) is 6.49. The van der Waals surface area contributed by atoms with Crippen LogP contribution in [0.3, 0.4) is 0 Å². The van der Waals surface area contributed by atoms with E-state index in [-0.39, 0.29) is 0 Å². The maximum atomic E-state index is 2.68. The third-order valence-electron chi connectivity index (χ3n) is 4.88. The lowest BCUT2D eigenvalue weighted by atomic mass is 10.0. The Balaban J connectivity index is 1.61. The summed E-state index contributed by atoms with van der Waals surface area (Å²) in [7, 11) is 0. The summed E-state index contributed by atoms with van der Waals surface area (Å²) in [6.45, 7) is 8.13. The van der Waals surface area contributed by atoms with E-state index < -0.39 is 0 Å². The van der Waals surface area contributed by atoms with Gasteiger partial charge in [0.05, 0.1) is 0 Å². The normalized spacial score (nSPS) is 18.5. The highest BCUT2D eigenvalue weighted by Gasteiger charge is 2.22. The SMILES string of the molecule is CCC(c1ccccc1)N1CCCN(Cc2ccccc2)CC1. The van der Waals surface area contributed by atoms with Gasteiger partial charge in [0.15, 0.2) is 0 Å². The molecule has 1 atom stereocenters. The van der Waals surface area contributed by atoms with Crippen molar-refractivity contribution < 1.29 is 0 Å². The molecule has 0 saturated carbocycles. The van der Waals surface area contributed by atoms with Gasteiger partial charge in [0.25, 0.3) is 0 Å². The van der Waals surface area contributed by atoms with Gasteiger partial charge in [-0.1, -0.05) is 67.6 Å². The molecule has 1 saturated heterocycles. The molecule has 2 heteroatoms. The van der Waals surface area contributed by atoms with Crippen molar-refractivity contribution in [2.75, 3.05) is 26.2 Å². The molecule has 0 radical (unpaired) electrons. The topological polar surface area (TPSA) is 6.48 Å². The molecule has 0 aromatic heterocycles. The van der Waals surface area contributed by atoms with E-state index in [1.54, 1.807) is 0 Å². The summed E-state index contributed by atoms with van der Waals surface area (Å²) in [5.41, 5.74) is 2.89. The molecule has 122 valence electrons. The monoisotopic (exact) mass is 308 g/mol. The predicted octanol–water partition coefficient (Wildman–Crippen LogP) is 4.35. The Morgan fingerprint density at radius 3 is 2.22 bits per heavy atom. The van der Waals surface area contributed by atoms with Crippen LogP contribution in [-0.4, -0.2) is 36.0 Å². The third-order valence-corrected chi connectivity index (χ3v) is 4.88. The van der Waals surface area contributed by atoms with Gasteiger partial charge in [0.2, 0.25) is 0 Å². The summed E-state index contributed by atoms with van der Waals surface area (Å²) in [6.07, 6.45) is 2.44. The number of rotatable bonds is 5. The number of hydrogen-bond donors (Lipinski definition) is 0. The molecule has 3 rings (SSSR count). The standard InChI is InChI=1S/C21H28N2/c1-2-21(20-12-7-4-8-13-20)23-15-9-14-22(16-17-23)18-19-10-5-3-6-11-19/h3-8,10-13,21H,2,9,14-18H2,1H3. The first-order valence-electron chi connectivity index (χ1n) is 8.92. The molecule has 0 aliphatic carbocycles. The van der Waals surface area contributed by atoms with Crippen LogP contribution in [0.2, 0.25) is 0 Å². The zero-order valence-electron chi connectivity index (χ0n) is 14.2. The van der Waals surface area contributed by atoms with Crippen molar-refractivity contribution in [1.29, 1.82) is 0 Å². The zero-order chi connectivity index (χ0) is 15.9. The molecule has 2 aromatic carbocycles. The summed E-state index contributed by atoms with van der Waals surface area (Å²) >= 11 is 0. The van der Waals surface area contributed by atoms with Gasteiger partial charge >= 0.3 is 0 Å². The van der Waals surface area contributed by atoms with Gasteiger partial charge in [0.1, 0.15) is 0 Å². The zero-order valence-corrected chi connectivity index (χ0v) is 14.2. The summed E-state index contributed by atoms with van der Waals surface area (Å²) in [6, 6.07) is 22.4. The molecule has 1 aliphatic rings. The minimum atomic E-state index is 0.563. The predicted molar refractivity (Wildman–Crippen MR) is 97.4 cm³/mol. The Bertz CT molecular complexity index is 567. The first-order valence-corrected chi connectivity index (χ1v) is 8.92. The molecule has 1 fully saturated rings. The van der Waals surface area contributed by atoms with Crippen LogP contribution in [0.15, 0.2) is 60.7 Å². The smallest absolute Gasteiger partial charge is 0.0346 e. The van der Waals surface area contributed by atoms with Crippen LogP contribution in [-0.2, 0) is 6.54 Å². The Morgan fingerprint density at radius 2 is 1.52 bits per heavy atom. The molecule has 1 unspecified atom stereocenters. The summed E-state index contributed by atoms with van der Waals surface area (Å²) < 4.78 is 0. The van der Waals surface area contributed by atoms with Gasteiger partial charge in [-0.2, -0.15) is 0 Å². The first-order chi connectivity index (χ1) is 11.4. The molecule has 23 heavy (non-hydrogen) atoms. The molecule has 1 aliphatic heterocycles. The first kappa shape index (κ1) is 16.2. The molecule has 0 amide bonds. The van der Waals surface area contributed by atoms with Crippen LogP contribution in [0.25, 0.3) is 0 Å². The van der Waals surface area contributed by atoms with Gasteiger partial charge < -0.3 is 0 Å². The summed E-state index contributed by atoms with van der Waals surface area (Å²) in [4.78, 5) is 5.29. The summed E-state index contributed by atoms with van der Waals surface area (Å²) in [5.74, 6) is 0. The van der Waals surface area contributed by atoms with Crippen molar-refractivity contribution in [3.8, 4) is 0 Å². The largest absolute Gasteiger partial charge is 0.298 e. The van der Waals surface area contributed by atoms with Crippen LogP contribution in [0.5, 0.6) is 0 Å². The quantitative estimate of drug-likeness (QED) is 0.810. The van der Waals surface area contributed by atoms with E-state index in [2.05, 4.69) is 77.4 Å². The molecular weight excluding hydrogens is 280 g/mol. The molecule has 1 heterocycles. The van der Waals surface area contributed by atoms with E-state index in [1.807, 2.05) is 0 Å². The lowest BCUT2D eigenvalue weighted by molar-refractivity contribution is 0.192. The molecule has 2 nitrogen and oxygen atoms in total. The van der Waals surface area contributed by atoms with Crippen molar-refractivity contribution in [2.45, 2.75) is 32.4 Å². The van der Waals surface area contributed by atoms with Crippen molar-refractivity contribution >= 4 is 0 Å². The fourth-order valence-electron chi connectivity index (χ4n) is 3.68. The van der Waals surface area contributed by atoms with Crippen molar-refractivity contribution in [1.82, 2.24) is 9.80 Å². The van der Waals surface area contributed by atoms with Crippen LogP contribution in [0.1, 0.15) is 36.9 Å². The van der Waals surface area contributed by atoms with Crippen LogP contribution in [0, 0.1) is 0 Å². The number of nitrogens with zero attached hydrogens (tertiary/aromatic N) is 2. The second-order valence-corrected chi connectivity index (χ2v) is 6.49. The van der Waals surface area contributed by atoms with E-state index in [0.29, 0.717) is 6.04 Å². The Hall–Kier alpha value is -1.64. The van der Waals surface area contributed by atoms with Crippen molar-refractivity contribution in [3.63, 3.8) is 0 Å². The van der Waals surface area contributed by atoms with E-state index in [0.717, 1.165) is 13.1 Å². The molecule has 0 bridgehead atoms. The van der Waals surface area contributed by atoms with E-state index in [9.17, 15) is 0 Å². The molecule has 0 N–H and O–H groups in total. The van der Waals surface area contributed by atoms with E-state index in [1.165, 1.54) is 43.6 Å². The fourth-order valence-corrected chi connectivity index (χ4v) is 3.68. The van der Waals surface area contributed by atoms with Gasteiger partial charge in [0, 0.05) is 32.2 Å². The number of hydrogen-bond acceptors (Lipinski definition) is 2. The minimum Gasteiger partial charge on any atom is -0.298 e. The average molecular weight is 308 g/mol. The Morgan fingerprint density at radius 1 is 0.826 bits per heavy atom. The van der Waals surface area contributed by atoms with E-state index in [4.69, 9.17) is 0 Å². The maximum absolute atomic E-state index is 2.68. The van der Waals surface area contributed by atoms with Crippen LogP contribution < -0.4 is 0 Å².